The Balaban J connectivity index is 1.37. The highest BCUT2D eigenvalue weighted by molar-refractivity contribution is 5.78. The molecule has 4 nitrogen and oxygen atoms in total. The lowest BCUT2D eigenvalue weighted by Crippen LogP contribution is -2.49. The Morgan fingerprint density at radius 1 is 0.960 bits per heavy atom. The van der Waals surface area contributed by atoms with Crippen LogP contribution < -0.4 is 4.74 Å². The lowest BCUT2D eigenvalue weighted by atomic mass is 10.1. The van der Waals surface area contributed by atoms with Crippen molar-refractivity contribution < 1.29 is 9.53 Å². The second-order valence-electron chi connectivity index (χ2n) is 6.55. The molecule has 1 heterocycles. The number of hydrogen-bond donors (Lipinski definition) is 0. The standard InChI is InChI=1S/C21H26N2O2/c1-18-7-9-19(10-8-18)17-21(24)23-13-11-22(12-14-23)15-16-25-20-5-3-2-4-6-20/h2-10H,11-17H2,1H3. The Morgan fingerprint density at radius 3 is 2.32 bits per heavy atom. The van der Waals surface area contributed by atoms with E-state index < -0.39 is 0 Å². The number of nitrogens with zero attached hydrogens (tertiary/aromatic N) is 2. The molecule has 0 bridgehead atoms. The molecular weight excluding hydrogens is 312 g/mol. The first kappa shape index (κ1) is 17.5. The predicted octanol–water partition coefficient (Wildman–Crippen LogP) is 2.76. The van der Waals surface area contributed by atoms with Gasteiger partial charge in [0, 0.05) is 32.7 Å². The van der Waals surface area contributed by atoms with Gasteiger partial charge in [-0.1, -0.05) is 48.0 Å². The fourth-order valence-electron chi connectivity index (χ4n) is 3.02. The van der Waals surface area contributed by atoms with Gasteiger partial charge in [-0.05, 0) is 24.6 Å². The number of aryl methyl sites for hydroxylation is 1. The van der Waals surface area contributed by atoms with E-state index in [0.717, 1.165) is 44.0 Å². The van der Waals surface area contributed by atoms with Gasteiger partial charge in [-0.3, -0.25) is 9.69 Å². The van der Waals surface area contributed by atoms with Crippen LogP contribution in [0.5, 0.6) is 5.75 Å². The molecule has 3 rings (SSSR count). The summed E-state index contributed by atoms with van der Waals surface area (Å²) >= 11 is 0. The van der Waals surface area contributed by atoms with E-state index in [0.29, 0.717) is 13.0 Å². The zero-order valence-electron chi connectivity index (χ0n) is 14.9. The molecule has 4 heteroatoms. The third-order valence-electron chi connectivity index (χ3n) is 4.62. The number of amides is 1. The topological polar surface area (TPSA) is 32.8 Å². The number of rotatable bonds is 6. The fraction of sp³-hybridized carbons (Fsp3) is 0.381. The Kier molecular flexibility index (Phi) is 6.07. The van der Waals surface area contributed by atoms with E-state index in [1.807, 2.05) is 47.4 Å². The molecule has 2 aromatic rings. The smallest absolute Gasteiger partial charge is 0.227 e. The van der Waals surface area contributed by atoms with Crippen molar-refractivity contribution in [2.75, 3.05) is 39.3 Å². The summed E-state index contributed by atoms with van der Waals surface area (Å²) < 4.78 is 5.75. The highest BCUT2D eigenvalue weighted by Gasteiger charge is 2.20. The number of ether oxygens (including phenoxy) is 1. The molecule has 1 saturated heterocycles. The van der Waals surface area contributed by atoms with Gasteiger partial charge >= 0.3 is 0 Å². The highest BCUT2D eigenvalue weighted by atomic mass is 16.5. The summed E-state index contributed by atoms with van der Waals surface area (Å²) in [5, 5.41) is 0. The van der Waals surface area contributed by atoms with Gasteiger partial charge in [-0.2, -0.15) is 0 Å². The van der Waals surface area contributed by atoms with Gasteiger partial charge in [0.15, 0.2) is 0 Å². The van der Waals surface area contributed by atoms with Crippen LogP contribution in [0.1, 0.15) is 11.1 Å². The Labute approximate surface area is 150 Å². The molecule has 0 N–H and O–H groups in total. The SMILES string of the molecule is Cc1ccc(CC(=O)N2CCN(CCOc3ccccc3)CC2)cc1. The van der Waals surface area contributed by atoms with Gasteiger partial charge in [-0.25, -0.2) is 0 Å². The number of para-hydroxylation sites is 1. The molecule has 1 aliphatic heterocycles. The number of carbonyl (C=O) groups is 1. The van der Waals surface area contributed by atoms with E-state index in [-0.39, 0.29) is 5.91 Å². The van der Waals surface area contributed by atoms with Gasteiger partial charge in [-0.15, -0.1) is 0 Å². The third kappa shape index (κ3) is 5.33. The van der Waals surface area contributed by atoms with Crippen LogP contribution in [0.25, 0.3) is 0 Å². The van der Waals surface area contributed by atoms with Crippen LogP contribution >= 0.6 is 0 Å². The van der Waals surface area contributed by atoms with Crippen molar-refractivity contribution in [3.63, 3.8) is 0 Å². The van der Waals surface area contributed by atoms with E-state index in [9.17, 15) is 4.79 Å². The highest BCUT2D eigenvalue weighted by Crippen LogP contribution is 2.10. The zero-order valence-corrected chi connectivity index (χ0v) is 14.9. The minimum Gasteiger partial charge on any atom is -0.492 e. The van der Waals surface area contributed by atoms with Crippen molar-refractivity contribution in [2.24, 2.45) is 0 Å². The van der Waals surface area contributed by atoms with Gasteiger partial charge in [0.25, 0.3) is 0 Å². The molecular formula is C21H26N2O2. The molecule has 0 atom stereocenters. The van der Waals surface area contributed by atoms with Crippen molar-refractivity contribution in [2.45, 2.75) is 13.3 Å². The first-order valence-electron chi connectivity index (χ1n) is 8.94. The molecule has 1 fully saturated rings. The first-order chi connectivity index (χ1) is 12.2. The van der Waals surface area contributed by atoms with Crippen LogP contribution in [0.2, 0.25) is 0 Å². The van der Waals surface area contributed by atoms with Crippen LogP contribution in [0.15, 0.2) is 54.6 Å². The molecule has 0 radical (unpaired) electrons. The molecule has 0 spiro atoms. The Hall–Kier alpha value is -2.33. The van der Waals surface area contributed by atoms with Crippen LogP contribution in [0.3, 0.4) is 0 Å². The van der Waals surface area contributed by atoms with Gasteiger partial charge in [0.1, 0.15) is 12.4 Å². The fourth-order valence-corrected chi connectivity index (χ4v) is 3.02. The zero-order chi connectivity index (χ0) is 17.5. The maximum absolute atomic E-state index is 12.4. The largest absolute Gasteiger partial charge is 0.492 e. The lowest BCUT2D eigenvalue weighted by molar-refractivity contribution is -0.132. The van der Waals surface area contributed by atoms with E-state index >= 15 is 0 Å². The van der Waals surface area contributed by atoms with Crippen LogP contribution in [-0.4, -0.2) is 55.0 Å². The summed E-state index contributed by atoms with van der Waals surface area (Å²) in [6.07, 6.45) is 0.497. The summed E-state index contributed by atoms with van der Waals surface area (Å²) in [5.74, 6) is 1.14. The van der Waals surface area contributed by atoms with Crippen molar-refractivity contribution >= 4 is 5.91 Å². The van der Waals surface area contributed by atoms with Gasteiger partial charge < -0.3 is 9.64 Å². The van der Waals surface area contributed by atoms with Gasteiger partial charge in [0.05, 0.1) is 6.42 Å². The molecule has 0 aliphatic carbocycles. The van der Waals surface area contributed by atoms with Crippen LogP contribution in [0.4, 0.5) is 0 Å². The summed E-state index contributed by atoms with van der Waals surface area (Å²) in [4.78, 5) is 16.8. The molecule has 0 aromatic heterocycles. The second kappa shape index (κ2) is 8.67. The molecule has 1 aliphatic rings. The minimum absolute atomic E-state index is 0.226. The Bertz CT molecular complexity index is 662. The van der Waals surface area contributed by atoms with Crippen molar-refractivity contribution in [3.05, 3.63) is 65.7 Å². The van der Waals surface area contributed by atoms with E-state index in [2.05, 4.69) is 24.0 Å². The molecule has 0 saturated carbocycles. The van der Waals surface area contributed by atoms with E-state index in [4.69, 9.17) is 4.74 Å². The molecule has 0 unspecified atom stereocenters. The van der Waals surface area contributed by atoms with Crippen molar-refractivity contribution in [1.82, 2.24) is 9.80 Å². The summed E-state index contributed by atoms with van der Waals surface area (Å²) in [6.45, 7) is 7.07. The molecule has 132 valence electrons. The minimum atomic E-state index is 0.226. The number of carbonyl (C=O) groups excluding carboxylic acids is 1. The van der Waals surface area contributed by atoms with E-state index in [1.54, 1.807) is 0 Å². The number of hydrogen-bond acceptors (Lipinski definition) is 3. The van der Waals surface area contributed by atoms with Crippen molar-refractivity contribution in [1.29, 1.82) is 0 Å². The summed E-state index contributed by atoms with van der Waals surface area (Å²) in [7, 11) is 0. The number of benzene rings is 2. The Morgan fingerprint density at radius 2 is 1.64 bits per heavy atom. The van der Waals surface area contributed by atoms with Crippen molar-refractivity contribution in [3.8, 4) is 5.75 Å². The lowest BCUT2D eigenvalue weighted by Gasteiger charge is -2.34. The van der Waals surface area contributed by atoms with Gasteiger partial charge in [0.2, 0.25) is 5.91 Å². The predicted molar refractivity (Wildman–Crippen MR) is 99.8 cm³/mol. The average molecular weight is 338 g/mol. The first-order valence-corrected chi connectivity index (χ1v) is 8.94. The monoisotopic (exact) mass is 338 g/mol. The maximum Gasteiger partial charge on any atom is 0.227 e. The summed E-state index contributed by atoms with van der Waals surface area (Å²) in [5.41, 5.74) is 2.32. The third-order valence-corrected chi connectivity index (χ3v) is 4.62. The summed E-state index contributed by atoms with van der Waals surface area (Å²) in [6, 6.07) is 18.1. The number of piperazine rings is 1. The quantitative estimate of drug-likeness (QED) is 0.812. The average Bonchev–Trinajstić information content (AvgIpc) is 2.65. The second-order valence-corrected chi connectivity index (χ2v) is 6.55. The van der Waals surface area contributed by atoms with Crippen LogP contribution in [0, 0.1) is 6.92 Å². The van der Waals surface area contributed by atoms with E-state index in [1.165, 1.54) is 5.56 Å². The molecule has 1 amide bonds. The maximum atomic E-state index is 12.4. The molecule has 2 aromatic carbocycles. The van der Waals surface area contributed by atoms with Crippen LogP contribution in [-0.2, 0) is 11.2 Å². The molecule has 25 heavy (non-hydrogen) atoms. The normalized spacial score (nSPS) is 15.2.